The highest BCUT2D eigenvalue weighted by molar-refractivity contribution is 6.33. The van der Waals surface area contributed by atoms with E-state index in [0.29, 0.717) is 30.1 Å². The molecule has 6 nitrogen and oxygen atoms in total. The van der Waals surface area contributed by atoms with Gasteiger partial charge in [0.05, 0.1) is 10.4 Å². The van der Waals surface area contributed by atoms with Crippen molar-refractivity contribution < 1.29 is 4.79 Å². The van der Waals surface area contributed by atoms with Crippen LogP contribution < -0.4 is 11.1 Å². The average Bonchev–Trinajstić information content (AvgIpc) is 2.93. The van der Waals surface area contributed by atoms with Crippen molar-refractivity contribution in [2.45, 2.75) is 58.9 Å². The lowest BCUT2D eigenvalue weighted by Gasteiger charge is -2.28. The van der Waals surface area contributed by atoms with Gasteiger partial charge in [0, 0.05) is 30.8 Å². The van der Waals surface area contributed by atoms with Crippen molar-refractivity contribution in [1.82, 2.24) is 14.8 Å². The van der Waals surface area contributed by atoms with Gasteiger partial charge in [-0.3, -0.25) is 4.79 Å². The van der Waals surface area contributed by atoms with Crippen LogP contribution in [0.3, 0.4) is 0 Å². The van der Waals surface area contributed by atoms with Crippen molar-refractivity contribution in [3.8, 4) is 11.4 Å². The molecular formula is C20H30Cl3N5O. The maximum absolute atomic E-state index is 12.8. The first-order valence-electron chi connectivity index (χ1n) is 9.78. The largest absolute Gasteiger partial charge is 0.329 e. The third-order valence-corrected chi connectivity index (χ3v) is 6.13. The van der Waals surface area contributed by atoms with Gasteiger partial charge in [0.25, 0.3) is 0 Å². The third-order valence-electron chi connectivity index (χ3n) is 5.80. The number of fused-ring (bicyclic) bond motifs is 1. The number of nitrogens with one attached hydrogen (secondary N) is 1. The van der Waals surface area contributed by atoms with E-state index >= 15 is 0 Å². The van der Waals surface area contributed by atoms with E-state index in [2.05, 4.69) is 20.1 Å². The summed E-state index contributed by atoms with van der Waals surface area (Å²) >= 11 is 6.47. The zero-order valence-electron chi connectivity index (χ0n) is 16.9. The van der Waals surface area contributed by atoms with Crippen LogP contribution in [0.2, 0.25) is 5.02 Å². The maximum atomic E-state index is 12.8. The Kier molecular flexibility index (Phi) is 9.89. The molecule has 3 rings (SSSR count). The van der Waals surface area contributed by atoms with E-state index in [-0.39, 0.29) is 30.7 Å². The van der Waals surface area contributed by atoms with Crippen molar-refractivity contribution >= 4 is 48.0 Å². The first kappa shape index (κ1) is 25.7. The van der Waals surface area contributed by atoms with Crippen molar-refractivity contribution in [2.24, 2.45) is 11.1 Å². The number of benzene rings is 1. The van der Waals surface area contributed by atoms with Gasteiger partial charge in [0.2, 0.25) is 5.91 Å². The highest BCUT2D eigenvalue weighted by Crippen LogP contribution is 2.33. The Morgan fingerprint density at radius 1 is 1.21 bits per heavy atom. The Morgan fingerprint density at radius 3 is 2.59 bits per heavy atom. The second kappa shape index (κ2) is 11.2. The lowest BCUT2D eigenvalue weighted by Crippen LogP contribution is -2.41. The predicted molar refractivity (Wildman–Crippen MR) is 123 cm³/mol. The van der Waals surface area contributed by atoms with Crippen LogP contribution in [0.1, 0.15) is 51.8 Å². The SMILES string of the molecule is CCC(CC)(CN)C(=O)Nc1ccc(Cl)c(-c2nnc3n2CCCCC3)c1.Cl.Cl. The van der Waals surface area contributed by atoms with Crippen molar-refractivity contribution in [1.29, 1.82) is 0 Å². The van der Waals surface area contributed by atoms with Crippen LogP contribution in [-0.2, 0) is 17.8 Å². The molecule has 1 aromatic heterocycles. The third kappa shape index (κ3) is 5.23. The highest BCUT2D eigenvalue weighted by Gasteiger charge is 2.33. The van der Waals surface area contributed by atoms with Crippen LogP contribution in [0, 0.1) is 5.41 Å². The number of hydrogen-bond donors (Lipinski definition) is 2. The van der Waals surface area contributed by atoms with Gasteiger partial charge in [-0.15, -0.1) is 35.0 Å². The molecule has 29 heavy (non-hydrogen) atoms. The van der Waals surface area contributed by atoms with Crippen LogP contribution in [0.4, 0.5) is 5.69 Å². The fourth-order valence-corrected chi connectivity index (χ4v) is 3.88. The summed E-state index contributed by atoms with van der Waals surface area (Å²) in [5.41, 5.74) is 6.84. The molecule has 0 bridgehead atoms. The van der Waals surface area contributed by atoms with Gasteiger partial charge in [-0.05, 0) is 43.9 Å². The number of aromatic nitrogens is 3. The summed E-state index contributed by atoms with van der Waals surface area (Å²) in [6.07, 6.45) is 5.78. The second-order valence-corrected chi connectivity index (χ2v) is 7.65. The van der Waals surface area contributed by atoms with Crippen molar-refractivity contribution in [2.75, 3.05) is 11.9 Å². The summed E-state index contributed by atoms with van der Waals surface area (Å²) in [5.74, 6) is 1.72. The van der Waals surface area contributed by atoms with Gasteiger partial charge < -0.3 is 15.6 Å². The molecule has 0 unspecified atom stereocenters. The Balaban J connectivity index is 0.00000210. The number of nitrogens with zero attached hydrogens (tertiary/aromatic N) is 3. The van der Waals surface area contributed by atoms with Crippen LogP contribution in [0.25, 0.3) is 11.4 Å². The lowest BCUT2D eigenvalue weighted by atomic mass is 9.81. The van der Waals surface area contributed by atoms with Crippen LogP contribution in [0.15, 0.2) is 18.2 Å². The number of halogens is 3. The van der Waals surface area contributed by atoms with E-state index in [1.165, 1.54) is 6.42 Å². The number of carbonyl (C=O) groups excluding carboxylic acids is 1. The van der Waals surface area contributed by atoms with Gasteiger partial charge in [-0.1, -0.05) is 31.9 Å². The molecule has 1 aliphatic heterocycles. The maximum Gasteiger partial charge on any atom is 0.231 e. The van der Waals surface area contributed by atoms with Gasteiger partial charge in [0.1, 0.15) is 5.82 Å². The number of aryl methyl sites for hydroxylation is 1. The predicted octanol–water partition coefficient (Wildman–Crippen LogP) is 4.87. The zero-order valence-corrected chi connectivity index (χ0v) is 19.3. The molecule has 9 heteroatoms. The van der Waals surface area contributed by atoms with Crippen molar-refractivity contribution in [3.63, 3.8) is 0 Å². The molecule has 0 saturated carbocycles. The molecule has 2 aromatic rings. The van der Waals surface area contributed by atoms with Gasteiger partial charge in [-0.25, -0.2) is 0 Å². The minimum Gasteiger partial charge on any atom is -0.329 e. The van der Waals surface area contributed by atoms with E-state index in [4.69, 9.17) is 17.3 Å². The number of anilines is 1. The summed E-state index contributed by atoms with van der Waals surface area (Å²) in [6, 6.07) is 5.50. The molecule has 162 valence electrons. The summed E-state index contributed by atoms with van der Waals surface area (Å²) in [6.45, 7) is 5.21. The molecule has 1 amide bonds. The molecule has 0 atom stereocenters. The first-order chi connectivity index (χ1) is 13.0. The number of hydrogen-bond acceptors (Lipinski definition) is 4. The summed E-state index contributed by atoms with van der Waals surface area (Å²) in [4.78, 5) is 12.8. The minimum absolute atomic E-state index is 0. The second-order valence-electron chi connectivity index (χ2n) is 7.24. The molecule has 0 fully saturated rings. The quantitative estimate of drug-likeness (QED) is 0.641. The summed E-state index contributed by atoms with van der Waals surface area (Å²) in [5, 5.41) is 12.4. The monoisotopic (exact) mass is 461 g/mol. The first-order valence-corrected chi connectivity index (χ1v) is 10.2. The van der Waals surface area contributed by atoms with Crippen molar-refractivity contribution in [3.05, 3.63) is 29.0 Å². The molecule has 0 saturated heterocycles. The molecule has 3 N–H and O–H groups in total. The van der Waals surface area contributed by atoms with E-state index in [9.17, 15) is 4.79 Å². The Labute approximate surface area is 189 Å². The van der Waals surface area contributed by atoms with E-state index < -0.39 is 5.41 Å². The normalized spacial score (nSPS) is 13.5. The van der Waals surface area contributed by atoms with E-state index in [0.717, 1.165) is 43.0 Å². The average molecular weight is 463 g/mol. The molecule has 0 radical (unpaired) electrons. The summed E-state index contributed by atoms with van der Waals surface area (Å²) < 4.78 is 2.15. The highest BCUT2D eigenvalue weighted by atomic mass is 35.5. The van der Waals surface area contributed by atoms with Crippen LogP contribution >= 0.6 is 36.4 Å². The van der Waals surface area contributed by atoms with E-state index in [1.54, 1.807) is 6.07 Å². The fraction of sp³-hybridized carbons (Fsp3) is 0.550. The van der Waals surface area contributed by atoms with Gasteiger partial charge >= 0.3 is 0 Å². The summed E-state index contributed by atoms with van der Waals surface area (Å²) in [7, 11) is 0. The Bertz CT molecular complexity index is 812. The topological polar surface area (TPSA) is 85.8 Å². The van der Waals surface area contributed by atoms with Crippen LogP contribution in [-0.4, -0.2) is 27.2 Å². The van der Waals surface area contributed by atoms with Gasteiger partial charge in [-0.2, -0.15) is 0 Å². The lowest BCUT2D eigenvalue weighted by molar-refractivity contribution is -0.125. The standard InChI is InChI=1S/C20H28ClN5O.2ClH/c1-3-20(4-2,13-22)19(27)23-14-9-10-16(21)15(12-14)18-25-24-17-8-6-5-7-11-26(17)18;;/h9-10,12H,3-8,11,13,22H2,1-2H3,(H,23,27);2*1H. The number of carbonyl (C=O) groups is 1. The smallest absolute Gasteiger partial charge is 0.231 e. The number of amides is 1. The Hall–Kier alpha value is -1.34. The zero-order chi connectivity index (χ0) is 19.4. The number of nitrogens with two attached hydrogens (primary N) is 1. The molecule has 1 aromatic carbocycles. The van der Waals surface area contributed by atoms with Crippen LogP contribution in [0.5, 0.6) is 0 Å². The van der Waals surface area contributed by atoms with E-state index in [1.807, 2.05) is 26.0 Å². The minimum atomic E-state index is -0.550. The number of rotatable bonds is 6. The molecular weight excluding hydrogens is 433 g/mol. The molecule has 0 spiro atoms. The molecule has 2 heterocycles. The molecule has 1 aliphatic rings. The molecule has 0 aliphatic carbocycles. The fourth-order valence-electron chi connectivity index (χ4n) is 3.67. The van der Waals surface area contributed by atoms with Gasteiger partial charge in [0.15, 0.2) is 5.82 Å². The Morgan fingerprint density at radius 2 is 1.93 bits per heavy atom.